The first kappa shape index (κ1) is 11.7. The van der Waals surface area contributed by atoms with Crippen LogP contribution in [-0.4, -0.2) is 10.2 Å². The van der Waals surface area contributed by atoms with Crippen molar-refractivity contribution in [1.29, 1.82) is 0 Å². The van der Waals surface area contributed by atoms with Crippen molar-refractivity contribution in [3.63, 3.8) is 0 Å². The first-order valence-electron chi connectivity index (χ1n) is 5.81. The second-order valence-electron chi connectivity index (χ2n) is 4.32. The van der Waals surface area contributed by atoms with E-state index in [1.165, 1.54) is 10.4 Å². The van der Waals surface area contributed by atoms with Crippen molar-refractivity contribution in [1.82, 2.24) is 10.2 Å². The minimum absolute atomic E-state index is 0.173. The van der Waals surface area contributed by atoms with E-state index in [0.29, 0.717) is 5.69 Å². The molecular weight excluding hydrogens is 270 g/mol. The van der Waals surface area contributed by atoms with E-state index < -0.39 is 0 Å². The van der Waals surface area contributed by atoms with Gasteiger partial charge in [0.1, 0.15) is 5.02 Å². The summed E-state index contributed by atoms with van der Waals surface area (Å²) in [7, 11) is 0. The van der Waals surface area contributed by atoms with Gasteiger partial charge in [-0.3, -0.25) is 4.79 Å². The monoisotopic (exact) mass is 281 g/mol. The standard InChI is InChI=1S/C12H12ClN3OS/c13-11-9(6-14-16-12(11)17)15-8-2-1-3-10-7(8)4-5-18-10/h4-6,8H,1-3H2,(H2,15,16,17). The second kappa shape index (κ2) is 4.74. The summed E-state index contributed by atoms with van der Waals surface area (Å²) in [4.78, 5) is 12.8. The topological polar surface area (TPSA) is 57.8 Å². The lowest BCUT2D eigenvalue weighted by Gasteiger charge is -2.24. The van der Waals surface area contributed by atoms with Gasteiger partial charge in [0.2, 0.25) is 0 Å². The average Bonchev–Trinajstić information content (AvgIpc) is 2.84. The average molecular weight is 282 g/mol. The molecule has 0 fully saturated rings. The normalized spacial score (nSPS) is 18.4. The Labute approximate surface area is 113 Å². The van der Waals surface area contributed by atoms with E-state index >= 15 is 0 Å². The van der Waals surface area contributed by atoms with Crippen LogP contribution in [0.3, 0.4) is 0 Å². The third-order valence-corrected chi connectivity index (χ3v) is 4.55. The fourth-order valence-electron chi connectivity index (χ4n) is 2.31. The summed E-state index contributed by atoms with van der Waals surface area (Å²) < 4.78 is 0. The van der Waals surface area contributed by atoms with Gasteiger partial charge in [0.05, 0.1) is 17.9 Å². The van der Waals surface area contributed by atoms with Gasteiger partial charge in [-0.15, -0.1) is 11.3 Å². The van der Waals surface area contributed by atoms with Crippen LogP contribution in [0.2, 0.25) is 5.02 Å². The van der Waals surface area contributed by atoms with Crippen LogP contribution in [0, 0.1) is 0 Å². The van der Waals surface area contributed by atoms with Crippen LogP contribution >= 0.6 is 22.9 Å². The summed E-state index contributed by atoms with van der Waals surface area (Å²) in [5, 5.41) is 11.7. The van der Waals surface area contributed by atoms with Gasteiger partial charge < -0.3 is 5.32 Å². The zero-order chi connectivity index (χ0) is 12.5. The summed E-state index contributed by atoms with van der Waals surface area (Å²) in [5.41, 5.74) is 1.56. The summed E-state index contributed by atoms with van der Waals surface area (Å²) in [5.74, 6) is 0. The van der Waals surface area contributed by atoms with Gasteiger partial charge >= 0.3 is 0 Å². The predicted molar refractivity (Wildman–Crippen MR) is 73.5 cm³/mol. The van der Waals surface area contributed by atoms with E-state index in [2.05, 4.69) is 27.0 Å². The number of rotatable bonds is 2. The Bertz CT molecular complexity index is 622. The quantitative estimate of drug-likeness (QED) is 0.890. The van der Waals surface area contributed by atoms with Gasteiger partial charge in [-0.05, 0) is 36.3 Å². The Morgan fingerprint density at radius 1 is 1.56 bits per heavy atom. The lowest BCUT2D eigenvalue weighted by atomic mass is 9.94. The number of anilines is 1. The van der Waals surface area contributed by atoms with Crippen molar-refractivity contribution in [2.75, 3.05) is 5.32 Å². The van der Waals surface area contributed by atoms with E-state index in [1.807, 2.05) is 0 Å². The van der Waals surface area contributed by atoms with Gasteiger partial charge in [0, 0.05) is 4.88 Å². The Morgan fingerprint density at radius 2 is 2.44 bits per heavy atom. The molecule has 1 aliphatic carbocycles. The van der Waals surface area contributed by atoms with E-state index in [9.17, 15) is 4.79 Å². The zero-order valence-electron chi connectivity index (χ0n) is 9.57. The Kier molecular flexibility index (Phi) is 3.09. The number of halogens is 1. The van der Waals surface area contributed by atoms with Crippen molar-refractivity contribution >= 4 is 28.6 Å². The minimum Gasteiger partial charge on any atom is -0.376 e. The first-order valence-corrected chi connectivity index (χ1v) is 7.07. The molecule has 6 heteroatoms. The molecule has 1 atom stereocenters. The molecule has 0 aromatic carbocycles. The maximum atomic E-state index is 11.4. The molecule has 1 aliphatic rings. The lowest BCUT2D eigenvalue weighted by molar-refractivity contribution is 0.608. The molecule has 2 heterocycles. The molecule has 0 saturated carbocycles. The summed E-state index contributed by atoms with van der Waals surface area (Å²) >= 11 is 7.76. The molecule has 0 amide bonds. The first-order chi connectivity index (χ1) is 8.75. The van der Waals surface area contributed by atoms with Gasteiger partial charge in [0.25, 0.3) is 5.56 Å². The molecular formula is C12H12ClN3OS. The smallest absolute Gasteiger partial charge is 0.285 e. The van der Waals surface area contributed by atoms with Crippen LogP contribution in [0.25, 0.3) is 0 Å². The van der Waals surface area contributed by atoms with Crippen molar-refractivity contribution in [3.8, 4) is 0 Å². The molecule has 18 heavy (non-hydrogen) atoms. The van der Waals surface area contributed by atoms with E-state index in [0.717, 1.165) is 19.3 Å². The fraction of sp³-hybridized carbons (Fsp3) is 0.333. The number of H-pyrrole nitrogens is 1. The Morgan fingerprint density at radius 3 is 3.33 bits per heavy atom. The van der Waals surface area contributed by atoms with Gasteiger partial charge in [-0.25, -0.2) is 5.10 Å². The van der Waals surface area contributed by atoms with Crippen LogP contribution in [0.5, 0.6) is 0 Å². The highest BCUT2D eigenvalue weighted by Crippen LogP contribution is 2.36. The summed E-state index contributed by atoms with van der Waals surface area (Å²) in [6.45, 7) is 0. The molecule has 0 bridgehead atoms. The van der Waals surface area contributed by atoms with Crippen LogP contribution in [0.15, 0.2) is 22.4 Å². The number of thiophene rings is 1. The van der Waals surface area contributed by atoms with Crippen LogP contribution in [0.1, 0.15) is 29.3 Å². The molecule has 2 aromatic heterocycles. The van der Waals surface area contributed by atoms with Crippen LogP contribution < -0.4 is 10.9 Å². The van der Waals surface area contributed by atoms with E-state index in [-0.39, 0.29) is 16.6 Å². The molecule has 4 nitrogen and oxygen atoms in total. The van der Waals surface area contributed by atoms with E-state index in [1.54, 1.807) is 17.5 Å². The highest BCUT2D eigenvalue weighted by molar-refractivity contribution is 7.10. The number of aromatic nitrogens is 2. The molecule has 3 rings (SSSR count). The Hall–Kier alpha value is -1.33. The number of fused-ring (bicyclic) bond motifs is 1. The highest BCUT2D eigenvalue weighted by Gasteiger charge is 2.22. The number of nitrogens with zero attached hydrogens (tertiary/aromatic N) is 1. The van der Waals surface area contributed by atoms with Gasteiger partial charge in [-0.2, -0.15) is 5.10 Å². The van der Waals surface area contributed by atoms with E-state index in [4.69, 9.17) is 11.6 Å². The SMILES string of the molecule is O=c1[nH]ncc(NC2CCCc3sccc32)c1Cl. The minimum atomic E-state index is -0.358. The third-order valence-electron chi connectivity index (χ3n) is 3.18. The molecule has 0 radical (unpaired) electrons. The number of aryl methyl sites for hydroxylation is 1. The number of nitrogens with one attached hydrogen (secondary N) is 2. The van der Waals surface area contributed by atoms with Crippen LogP contribution in [-0.2, 0) is 6.42 Å². The lowest BCUT2D eigenvalue weighted by Crippen LogP contribution is -2.18. The molecule has 0 aliphatic heterocycles. The molecule has 0 spiro atoms. The van der Waals surface area contributed by atoms with Crippen molar-refractivity contribution in [3.05, 3.63) is 43.5 Å². The van der Waals surface area contributed by atoms with Crippen molar-refractivity contribution in [2.24, 2.45) is 0 Å². The fourth-order valence-corrected chi connectivity index (χ4v) is 3.44. The third kappa shape index (κ3) is 2.04. The molecule has 94 valence electrons. The van der Waals surface area contributed by atoms with Crippen LogP contribution in [0.4, 0.5) is 5.69 Å². The maximum absolute atomic E-state index is 11.4. The predicted octanol–water partition coefficient (Wildman–Crippen LogP) is 2.97. The van der Waals surface area contributed by atoms with Crippen molar-refractivity contribution < 1.29 is 0 Å². The molecule has 1 unspecified atom stereocenters. The summed E-state index contributed by atoms with van der Waals surface area (Å²) in [6, 6.07) is 2.37. The molecule has 0 saturated heterocycles. The number of aromatic amines is 1. The van der Waals surface area contributed by atoms with Gasteiger partial charge in [-0.1, -0.05) is 11.6 Å². The summed E-state index contributed by atoms with van der Waals surface area (Å²) in [6.07, 6.45) is 4.91. The Balaban J connectivity index is 1.91. The van der Waals surface area contributed by atoms with Gasteiger partial charge in [0.15, 0.2) is 0 Å². The zero-order valence-corrected chi connectivity index (χ0v) is 11.1. The largest absolute Gasteiger partial charge is 0.376 e. The number of hydrogen-bond acceptors (Lipinski definition) is 4. The highest BCUT2D eigenvalue weighted by atomic mass is 35.5. The number of hydrogen-bond donors (Lipinski definition) is 2. The van der Waals surface area contributed by atoms with Crippen molar-refractivity contribution in [2.45, 2.75) is 25.3 Å². The molecule has 2 aromatic rings. The second-order valence-corrected chi connectivity index (χ2v) is 5.69. The maximum Gasteiger partial charge on any atom is 0.285 e. The molecule has 2 N–H and O–H groups in total.